The lowest BCUT2D eigenvalue weighted by Gasteiger charge is -2.32. The van der Waals surface area contributed by atoms with Crippen LogP contribution in [0.4, 0.5) is 0 Å². The molecule has 0 aromatic carbocycles. The predicted octanol–water partition coefficient (Wildman–Crippen LogP) is 1.62. The van der Waals surface area contributed by atoms with Crippen LogP contribution in [-0.4, -0.2) is 53.5 Å². The Morgan fingerprint density at radius 1 is 1.37 bits per heavy atom. The zero-order chi connectivity index (χ0) is 18.9. The fraction of sp³-hybridized carbons (Fsp3) is 0.353. The van der Waals surface area contributed by atoms with Crippen molar-refractivity contribution in [2.45, 2.75) is 17.1 Å². The van der Waals surface area contributed by atoms with Crippen molar-refractivity contribution in [3.8, 4) is 0 Å². The summed E-state index contributed by atoms with van der Waals surface area (Å²) in [7, 11) is -3.48. The second-order valence-corrected chi connectivity index (χ2v) is 9.44. The maximum atomic E-state index is 12.8. The molecule has 8 nitrogen and oxygen atoms in total. The van der Waals surface area contributed by atoms with Gasteiger partial charge in [-0.1, -0.05) is 6.07 Å². The van der Waals surface area contributed by atoms with Crippen molar-refractivity contribution < 1.29 is 13.2 Å². The van der Waals surface area contributed by atoms with E-state index >= 15 is 0 Å². The molecule has 0 spiro atoms. The number of hydrogen-bond acceptors (Lipinski definition) is 6. The minimum atomic E-state index is -3.48. The first-order valence-corrected chi connectivity index (χ1v) is 11.0. The van der Waals surface area contributed by atoms with Gasteiger partial charge in [0.1, 0.15) is 4.21 Å². The van der Waals surface area contributed by atoms with Gasteiger partial charge in [0.25, 0.3) is 5.91 Å². The summed E-state index contributed by atoms with van der Waals surface area (Å²) in [6.45, 7) is 1.47. The van der Waals surface area contributed by atoms with Gasteiger partial charge >= 0.3 is 0 Å². The first-order chi connectivity index (χ1) is 13.0. The van der Waals surface area contributed by atoms with E-state index in [2.05, 4.69) is 14.8 Å². The molecule has 0 aliphatic carbocycles. The molecule has 27 heavy (non-hydrogen) atoms. The van der Waals surface area contributed by atoms with Gasteiger partial charge in [0, 0.05) is 38.1 Å². The number of nitrogens with zero attached hydrogens (tertiary/aromatic N) is 4. The van der Waals surface area contributed by atoms with Gasteiger partial charge in [0.05, 0.1) is 0 Å². The number of thiophene rings is 1. The maximum Gasteiger partial charge on any atom is 0.274 e. The van der Waals surface area contributed by atoms with Gasteiger partial charge in [-0.2, -0.15) is 5.10 Å². The fourth-order valence-corrected chi connectivity index (χ4v) is 5.38. The molecule has 0 saturated carbocycles. The number of amides is 1. The number of fused-ring (bicyclic) bond motifs is 1. The summed E-state index contributed by atoms with van der Waals surface area (Å²) >= 11 is 1.19. The Bertz CT molecular complexity index is 1010. The number of rotatable bonds is 5. The van der Waals surface area contributed by atoms with Crippen molar-refractivity contribution in [1.29, 1.82) is 0 Å². The van der Waals surface area contributed by atoms with E-state index in [4.69, 9.17) is 0 Å². The van der Waals surface area contributed by atoms with Crippen LogP contribution in [0.3, 0.4) is 0 Å². The molecule has 3 aromatic rings. The smallest absolute Gasteiger partial charge is 0.274 e. The Balaban J connectivity index is 1.41. The highest BCUT2D eigenvalue weighted by Crippen LogP contribution is 2.20. The third-order valence-corrected chi connectivity index (χ3v) is 7.40. The van der Waals surface area contributed by atoms with Crippen molar-refractivity contribution in [2.24, 2.45) is 5.92 Å². The number of sulfonamides is 1. The molecule has 142 valence electrons. The number of carbonyl (C=O) groups excluding carboxylic acids is 1. The molecule has 1 N–H and O–H groups in total. The zero-order valence-corrected chi connectivity index (χ0v) is 16.1. The summed E-state index contributed by atoms with van der Waals surface area (Å²) in [6, 6.07) is 6.72. The van der Waals surface area contributed by atoms with Crippen molar-refractivity contribution in [3.05, 3.63) is 47.7 Å². The molecule has 1 amide bonds. The van der Waals surface area contributed by atoms with Crippen LogP contribution in [0.5, 0.6) is 0 Å². The average Bonchev–Trinajstić information content (AvgIpc) is 3.36. The van der Waals surface area contributed by atoms with Crippen LogP contribution in [0, 0.1) is 5.92 Å². The number of nitrogens with one attached hydrogen (secondary N) is 1. The van der Waals surface area contributed by atoms with E-state index in [1.54, 1.807) is 51.5 Å². The van der Waals surface area contributed by atoms with Gasteiger partial charge in [0.15, 0.2) is 11.3 Å². The lowest BCUT2D eigenvalue weighted by molar-refractivity contribution is 0.0670. The molecule has 1 aliphatic rings. The van der Waals surface area contributed by atoms with Gasteiger partial charge < -0.3 is 4.90 Å². The standard InChI is InChI=1S/C17H19N5O3S2/c23-17(14-10-15-18-6-3-8-22(15)20-14)21-7-1-4-13(12-21)11-19-27(24,25)16-5-2-9-26-16/h2-3,5-6,8-10,13,19H,1,4,7,11-12H2. The van der Waals surface area contributed by atoms with E-state index in [-0.39, 0.29) is 11.8 Å². The summed E-state index contributed by atoms with van der Waals surface area (Å²) in [5.74, 6) is -0.0705. The minimum Gasteiger partial charge on any atom is -0.337 e. The normalized spacial score (nSPS) is 18.1. The first-order valence-electron chi connectivity index (χ1n) is 8.66. The maximum absolute atomic E-state index is 12.8. The third-order valence-electron chi connectivity index (χ3n) is 4.58. The highest BCUT2D eigenvalue weighted by atomic mass is 32.2. The lowest BCUT2D eigenvalue weighted by Crippen LogP contribution is -2.43. The van der Waals surface area contributed by atoms with Crippen LogP contribution in [0.2, 0.25) is 0 Å². The summed E-state index contributed by atoms with van der Waals surface area (Å²) < 4.78 is 29.1. The zero-order valence-electron chi connectivity index (χ0n) is 14.5. The Kier molecular flexibility index (Phi) is 4.94. The molecular weight excluding hydrogens is 386 g/mol. The van der Waals surface area contributed by atoms with Crippen LogP contribution in [0.15, 0.2) is 46.2 Å². The van der Waals surface area contributed by atoms with Crippen LogP contribution in [0.1, 0.15) is 23.3 Å². The van der Waals surface area contributed by atoms with Crippen molar-refractivity contribution >= 4 is 32.9 Å². The molecule has 4 rings (SSSR count). The molecular formula is C17H19N5O3S2. The number of aromatic nitrogens is 3. The van der Waals surface area contributed by atoms with E-state index < -0.39 is 10.0 Å². The van der Waals surface area contributed by atoms with Gasteiger partial charge in [-0.15, -0.1) is 11.3 Å². The predicted molar refractivity (Wildman–Crippen MR) is 101 cm³/mol. The van der Waals surface area contributed by atoms with Gasteiger partial charge in [-0.05, 0) is 36.3 Å². The van der Waals surface area contributed by atoms with Crippen molar-refractivity contribution in [1.82, 2.24) is 24.2 Å². The van der Waals surface area contributed by atoms with Crippen LogP contribution in [0.25, 0.3) is 5.65 Å². The van der Waals surface area contributed by atoms with Crippen LogP contribution < -0.4 is 4.72 Å². The minimum absolute atomic E-state index is 0.0765. The topological polar surface area (TPSA) is 96.7 Å². The largest absolute Gasteiger partial charge is 0.337 e. The van der Waals surface area contributed by atoms with E-state index in [0.717, 1.165) is 12.8 Å². The monoisotopic (exact) mass is 405 g/mol. The number of likely N-dealkylation sites (tertiary alicyclic amines) is 1. The van der Waals surface area contributed by atoms with Crippen molar-refractivity contribution in [3.63, 3.8) is 0 Å². The van der Waals surface area contributed by atoms with Crippen LogP contribution in [-0.2, 0) is 10.0 Å². The number of carbonyl (C=O) groups is 1. The van der Waals surface area contributed by atoms with Crippen molar-refractivity contribution in [2.75, 3.05) is 19.6 Å². The molecule has 1 atom stereocenters. The Hall–Kier alpha value is -2.30. The summed E-state index contributed by atoms with van der Waals surface area (Å²) in [5.41, 5.74) is 0.978. The quantitative estimate of drug-likeness (QED) is 0.696. The molecule has 1 aliphatic heterocycles. The summed E-state index contributed by atoms with van der Waals surface area (Å²) in [4.78, 5) is 18.7. The van der Waals surface area contributed by atoms with E-state index in [9.17, 15) is 13.2 Å². The second-order valence-electron chi connectivity index (χ2n) is 6.50. The molecule has 3 aromatic heterocycles. The molecule has 10 heteroatoms. The van der Waals surface area contributed by atoms with E-state index in [1.807, 2.05) is 0 Å². The summed E-state index contributed by atoms with van der Waals surface area (Å²) in [5, 5.41) is 6.02. The Morgan fingerprint density at radius 2 is 2.26 bits per heavy atom. The molecule has 1 saturated heterocycles. The highest BCUT2D eigenvalue weighted by Gasteiger charge is 2.27. The van der Waals surface area contributed by atoms with Gasteiger partial charge in [0.2, 0.25) is 10.0 Å². The fourth-order valence-electron chi connectivity index (χ4n) is 3.23. The van der Waals surface area contributed by atoms with Gasteiger partial charge in [-0.25, -0.2) is 22.6 Å². The number of hydrogen-bond donors (Lipinski definition) is 1. The molecule has 1 unspecified atom stereocenters. The van der Waals surface area contributed by atoms with E-state index in [0.29, 0.717) is 35.2 Å². The number of piperidine rings is 1. The average molecular weight is 406 g/mol. The van der Waals surface area contributed by atoms with E-state index in [1.165, 1.54) is 11.3 Å². The molecule has 4 heterocycles. The lowest BCUT2D eigenvalue weighted by atomic mass is 9.98. The highest BCUT2D eigenvalue weighted by molar-refractivity contribution is 7.91. The third kappa shape index (κ3) is 3.87. The Morgan fingerprint density at radius 3 is 3.04 bits per heavy atom. The molecule has 1 fully saturated rings. The van der Waals surface area contributed by atoms with Crippen LogP contribution >= 0.6 is 11.3 Å². The summed E-state index contributed by atoms with van der Waals surface area (Å²) in [6.07, 6.45) is 5.12. The Labute approximate surface area is 160 Å². The second kappa shape index (κ2) is 7.37. The first kappa shape index (κ1) is 18.1. The van der Waals surface area contributed by atoms with Gasteiger partial charge in [-0.3, -0.25) is 4.79 Å². The SMILES string of the molecule is O=C(c1cc2ncccn2n1)N1CCCC(CNS(=O)(=O)c2cccs2)C1. The molecule has 0 bridgehead atoms. The molecule has 0 radical (unpaired) electrons.